The van der Waals surface area contributed by atoms with E-state index in [1.807, 2.05) is 33.3 Å². The van der Waals surface area contributed by atoms with Crippen LogP contribution in [-0.4, -0.2) is 58.9 Å². The van der Waals surface area contributed by atoms with Gasteiger partial charge in [0.25, 0.3) is 0 Å². The van der Waals surface area contributed by atoms with Gasteiger partial charge in [0, 0.05) is 60.4 Å². The number of amides is 2. The van der Waals surface area contributed by atoms with E-state index in [1.165, 1.54) is 12.1 Å². The Morgan fingerprint density at radius 3 is 2.31 bits per heavy atom. The minimum atomic E-state index is -4.55. The summed E-state index contributed by atoms with van der Waals surface area (Å²) >= 11 is 0. The number of fused-ring (bicyclic) bond motifs is 1. The smallest absolute Gasteiger partial charge is 0.371 e. The highest BCUT2D eigenvalue weighted by Gasteiger charge is 2.36. The fourth-order valence-electron chi connectivity index (χ4n) is 5.06. The molecule has 0 unspecified atom stereocenters. The minimum absolute atomic E-state index is 0.0673. The number of rotatable bonds is 5. The average Bonchev–Trinajstić information content (AvgIpc) is 3.29. The quantitative estimate of drug-likeness (QED) is 0.335. The number of carbonyl (C=O) groups excluding carboxylic acids is 1. The van der Waals surface area contributed by atoms with Gasteiger partial charge in [-0.1, -0.05) is 12.1 Å². The molecule has 0 aliphatic carbocycles. The van der Waals surface area contributed by atoms with Crippen LogP contribution in [0.2, 0.25) is 0 Å². The number of nitrogens with zero attached hydrogens (tertiary/aromatic N) is 5. The van der Waals surface area contributed by atoms with Crippen molar-refractivity contribution in [2.75, 3.05) is 42.7 Å². The van der Waals surface area contributed by atoms with E-state index in [9.17, 15) is 18.0 Å². The largest absolute Gasteiger partial charge is 0.418 e. The Morgan fingerprint density at radius 2 is 1.64 bits per heavy atom. The summed E-state index contributed by atoms with van der Waals surface area (Å²) in [5, 5.41) is 10.4. The number of carbonyl (C=O) groups is 1. The second-order valence-electron chi connectivity index (χ2n) is 9.96. The summed E-state index contributed by atoms with van der Waals surface area (Å²) in [4.78, 5) is 20.8. The van der Waals surface area contributed by atoms with Crippen molar-refractivity contribution in [3.8, 4) is 11.1 Å². The van der Waals surface area contributed by atoms with Crippen molar-refractivity contribution in [3.05, 3.63) is 66.6 Å². The van der Waals surface area contributed by atoms with E-state index in [-0.39, 0.29) is 11.4 Å². The molecule has 4 aromatic rings. The molecular formula is C28H30F3N7O. The van der Waals surface area contributed by atoms with Gasteiger partial charge in [0.15, 0.2) is 0 Å². The maximum absolute atomic E-state index is 14.0. The molecule has 0 atom stereocenters. The van der Waals surface area contributed by atoms with Gasteiger partial charge in [0.1, 0.15) is 0 Å². The highest BCUT2D eigenvalue weighted by Crippen LogP contribution is 2.39. The van der Waals surface area contributed by atoms with Gasteiger partial charge in [0.05, 0.1) is 23.5 Å². The van der Waals surface area contributed by atoms with Crippen molar-refractivity contribution in [3.63, 3.8) is 0 Å². The summed E-state index contributed by atoms with van der Waals surface area (Å²) in [5.41, 5.74) is 2.65. The molecule has 1 aliphatic rings. The molecule has 0 bridgehead atoms. The van der Waals surface area contributed by atoms with E-state index in [0.29, 0.717) is 24.8 Å². The number of hydrogen-bond donors (Lipinski definition) is 2. The number of anilines is 3. The van der Waals surface area contributed by atoms with Crippen molar-refractivity contribution in [2.45, 2.75) is 25.1 Å². The van der Waals surface area contributed by atoms with E-state index in [0.717, 1.165) is 40.9 Å². The summed E-state index contributed by atoms with van der Waals surface area (Å²) in [6.45, 7) is 1.08. The first-order valence-corrected chi connectivity index (χ1v) is 12.7. The van der Waals surface area contributed by atoms with Crippen LogP contribution in [0.5, 0.6) is 0 Å². The van der Waals surface area contributed by atoms with E-state index in [4.69, 9.17) is 0 Å². The predicted molar refractivity (Wildman–Crippen MR) is 147 cm³/mol. The van der Waals surface area contributed by atoms with E-state index in [2.05, 4.69) is 25.6 Å². The number of benzene rings is 2. The average molecular weight is 538 g/mol. The van der Waals surface area contributed by atoms with Crippen molar-refractivity contribution in [1.82, 2.24) is 19.7 Å². The summed E-state index contributed by atoms with van der Waals surface area (Å²) in [5.74, 6) is 0. The summed E-state index contributed by atoms with van der Waals surface area (Å²) in [6, 6.07) is 10.8. The third-order valence-electron chi connectivity index (χ3n) is 7.22. The molecule has 3 heterocycles. The monoisotopic (exact) mass is 537 g/mol. The molecule has 2 aromatic carbocycles. The standard InChI is InChI=1S/C28H30F3N7O/c1-36(2)21-10-12-38(13-11-21)25-9-8-20(14-24(25)28(29,30)31)35-27(39)34-19-6-4-18(5-7-19)22-15-32-17-26-23(22)16-33-37(26)3/h4-9,14-17,21H,10-13H2,1-3H3,(H2,34,35,39). The van der Waals surface area contributed by atoms with Crippen molar-refractivity contribution in [2.24, 2.45) is 7.05 Å². The van der Waals surface area contributed by atoms with Gasteiger partial charge in [-0.3, -0.25) is 9.67 Å². The lowest BCUT2D eigenvalue weighted by molar-refractivity contribution is -0.137. The van der Waals surface area contributed by atoms with Crippen LogP contribution in [-0.2, 0) is 13.2 Å². The predicted octanol–water partition coefficient (Wildman–Crippen LogP) is 5.83. The molecule has 2 aromatic heterocycles. The number of piperidine rings is 1. The van der Waals surface area contributed by atoms with Gasteiger partial charge < -0.3 is 20.4 Å². The summed E-state index contributed by atoms with van der Waals surface area (Å²) in [7, 11) is 5.82. The SMILES string of the molecule is CN(C)C1CCN(c2ccc(NC(=O)Nc3ccc(-c4cncc5c4cnn5C)cc3)cc2C(F)(F)F)CC1. The highest BCUT2D eigenvalue weighted by atomic mass is 19.4. The maximum atomic E-state index is 14.0. The number of halogens is 3. The lowest BCUT2D eigenvalue weighted by Crippen LogP contribution is -2.42. The summed E-state index contributed by atoms with van der Waals surface area (Å²) < 4.78 is 43.7. The number of hydrogen-bond acceptors (Lipinski definition) is 5. The fraction of sp³-hybridized carbons (Fsp3) is 0.321. The second kappa shape index (κ2) is 10.6. The molecule has 0 spiro atoms. The molecule has 5 rings (SSSR count). The Morgan fingerprint density at radius 1 is 0.974 bits per heavy atom. The van der Waals surface area contributed by atoms with Crippen molar-refractivity contribution >= 4 is 34.0 Å². The van der Waals surface area contributed by atoms with Gasteiger partial charge >= 0.3 is 12.2 Å². The number of pyridine rings is 1. The minimum Gasteiger partial charge on any atom is -0.371 e. The Hall–Kier alpha value is -4.12. The Balaban J connectivity index is 1.28. The molecule has 2 N–H and O–H groups in total. The van der Waals surface area contributed by atoms with Crippen molar-refractivity contribution < 1.29 is 18.0 Å². The maximum Gasteiger partial charge on any atom is 0.418 e. The molecule has 1 aliphatic heterocycles. The molecule has 8 nitrogen and oxygen atoms in total. The Labute approximate surface area is 224 Å². The van der Waals surface area contributed by atoms with Crippen LogP contribution in [0.1, 0.15) is 18.4 Å². The van der Waals surface area contributed by atoms with E-state index in [1.54, 1.807) is 40.3 Å². The van der Waals surface area contributed by atoms with Crippen LogP contribution in [0.15, 0.2) is 61.1 Å². The number of aryl methyl sites for hydroxylation is 1. The first-order valence-electron chi connectivity index (χ1n) is 12.7. The van der Waals surface area contributed by atoms with Gasteiger partial charge in [-0.05, 0) is 62.8 Å². The van der Waals surface area contributed by atoms with E-state index < -0.39 is 17.8 Å². The lowest BCUT2D eigenvalue weighted by Gasteiger charge is -2.37. The molecular weight excluding hydrogens is 507 g/mol. The second-order valence-corrected chi connectivity index (χ2v) is 9.96. The topological polar surface area (TPSA) is 78.3 Å². The molecule has 11 heteroatoms. The summed E-state index contributed by atoms with van der Waals surface area (Å²) in [6.07, 6.45) is 2.31. The number of alkyl halides is 3. The molecule has 0 radical (unpaired) electrons. The van der Waals surface area contributed by atoms with Gasteiger partial charge in [-0.15, -0.1) is 0 Å². The van der Waals surface area contributed by atoms with Crippen LogP contribution in [0, 0.1) is 0 Å². The molecule has 1 fully saturated rings. The number of urea groups is 1. The van der Waals surface area contributed by atoms with Gasteiger partial charge in [0.2, 0.25) is 0 Å². The normalized spacial score (nSPS) is 14.7. The van der Waals surface area contributed by atoms with Gasteiger partial charge in [-0.2, -0.15) is 18.3 Å². The van der Waals surface area contributed by atoms with Crippen LogP contribution in [0.25, 0.3) is 22.0 Å². The zero-order valence-corrected chi connectivity index (χ0v) is 22.0. The molecule has 0 saturated carbocycles. The van der Waals surface area contributed by atoms with E-state index >= 15 is 0 Å². The lowest BCUT2D eigenvalue weighted by atomic mass is 10.0. The Kier molecular flexibility index (Phi) is 7.17. The number of nitrogens with one attached hydrogen (secondary N) is 2. The molecule has 2 amide bonds. The molecule has 39 heavy (non-hydrogen) atoms. The zero-order valence-electron chi connectivity index (χ0n) is 22.0. The van der Waals surface area contributed by atoms with Crippen LogP contribution < -0.4 is 15.5 Å². The molecule has 204 valence electrons. The zero-order chi connectivity index (χ0) is 27.7. The van der Waals surface area contributed by atoms with Crippen LogP contribution >= 0.6 is 0 Å². The number of aromatic nitrogens is 3. The third-order valence-corrected chi connectivity index (χ3v) is 7.22. The first-order chi connectivity index (χ1) is 18.6. The van der Waals surface area contributed by atoms with Crippen LogP contribution in [0.4, 0.5) is 35.0 Å². The van der Waals surface area contributed by atoms with Gasteiger partial charge in [-0.25, -0.2) is 4.79 Å². The first kappa shape index (κ1) is 26.5. The Bertz CT molecular complexity index is 1470. The fourth-order valence-corrected chi connectivity index (χ4v) is 5.06. The van der Waals surface area contributed by atoms with Crippen molar-refractivity contribution in [1.29, 1.82) is 0 Å². The third kappa shape index (κ3) is 5.68. The molecule has 1 saturated heterocycles. The highest BCUT2D eigenvalue weighted by molar-refractivity contribution is 6.00. The van der Waals surface area contributed by atoms with Crippen LogP contribution in [0.3, 0.4) is 0 Å².